The van der Waals surface area contributed by atoms with Gasteiger partial charge in [0.2, 0.25) is 0 Å². The van der Waals surface area contributed by atoms with E-state index in [4.69, 9.17) is 0 Å². The highest BCUT2D eigenvalue weighted by atomic mass is 16.4. The third kappa shape index (κ3) is 3.10. The molecule has 1 fully saturated rings. The summed E-state index contributed by atoms with van der Waals surface area (Å²) in [7, 11) is 0. The van der Waals surface area contributed by atoms with Gasteiger partial charge >= 0.3 is 5.97 Å². The fraction of sp³-hybridized carbons (Fsp3) is 0.533. The van der Waals surface area contributed by atoms with Crippen LogP contribution in [-0.4, -0.2) is 35.6 Å². The van der Waals surface area contributed by atoms with Crippen LogP contribution < -0.4 is 0 Å². The van der Waals surface area contributed by atoms with E-state index in [9.17, 15) is 9.90 Å². The van der Waals surface area contributed by atoms with Crippen molar-refractivity contribution >= 4 is 5.97 Å². The Morgan fingerprint density at radius 1 is 1.39 bits per heavy atom. The van der Waals surface area contributed by atoms with Crippen molar-refractivity contribution in [2.45, 2.75) is 26.2 Å². The molecule has 1 saturated heterocycles. The highest BCUT2D eigenvalue weighted by Crippen LogP contribution is 2.29. The summed E-state index contributed by atoms with van der Waals surface area (Å²) >= 11 is 0. The number of hydrogen-bond donors (Lipinski definition) is 1. The van der Waals surface area contributed by atoms with Crippen LogP contribution in [0.2, 0.25) is 0 Å². The topological polar surface area (TPSA) is 40.5 Å². The van der Waals surface area contributed by atoms with Crippen molar-refractivity contribution in [3.05, 3.63) is 35.9 Å². The Kier molecular flexibility index (Phi) is 4.02. The minimum absolute atomic E-state index is 0.561. The Hall–Kier alpha value is -1.35. The Bertz CT molecular complexity index is 404. The second-order valence-electron chi connectivity index (χ2n) is 5.48. The largest absolute Gasteiger partial charge is 0.481 e. The molecule has 98 valence electrons. The molecule has 0 radical (unpaired) electrons. The number of aliphatic carboxylic acids is 1. The molecule has 1 aliphatic rings. The van der Waals surface area contributed by atoms with Crippen molar-refractivity contribution in [2.24, 2.45) is 5.41 Å². The van der Waals surface area contributed by atoms with Gasteiger partial charge in [0.25, 0.3) is 0 Å². The van der Waals surface area contributed by atoms with E-state index in [-0.39, 0.29) is 0 Å². The Balaban J connectivity index is 1.89. The molecular weight excluding hydrogens is 226 g/mol. The highest BCUT2D eigenvalue weighted by Gasteiger charge is 2.37. The average Bonchev–Trinajstić information content (AvgIpc) is 2.38. The maximum absolute atomic E-state index is 11.3. The number of nitrogens with zero attached hydrogens (tertiary/aromatic N) is 1. The van der Waals surface area contributed by atoms with Gasteiger partial charge in [-0.1, -0.05) is 30.3 Å². The van der Waals surface area contributed by atoms with Gasteiger partial charge in [0.05, 0.1) is 5.41 Å². The molecule has 1 aromatic rings. The lowest BCUT2D eigenvalue weighted by atomic mass is 9.82. The molecule has 0 aromatic heterocycles. The average molecular weight is 247 g/mol. The van der Waals surface area contributed by atoms with Gasteiger partial charge in [-0.25, -0.2) is 0 Å². The van der Waals surface area contributed by atoms with Gasteiger partial charge in [-0.05, 0) is 38.3 Å². The number of carbonyl (C=O) groups is 1. The van der Waals surface area contributed by atoms with E-state index in [0.717, 1.165) is 32.4 Å². The first kappa shape index (κ1) is 13.1. The third-order valence-corrected chi connectivity index (χ3v) is 3.85. The van der Waals surface area contributed by atoms with Gasteiger partial charge in [-0.3, -0.25) is 4.79 Å². The second-order valence-corrected chi connectivity index (χ2v) is 5.48. The van der Waals surface area contributed by atoms with E-state index in [0.29, 0.717) is 6.54 Å². The van der Waals surface area contributed by atoms with Crippen LogP contribution >= 0.6 is 0 Å². The lowest BCUT2D eigenvalue weighted by Gasteiger charge is -2.37. The molecule has 3 heteroatoms. The van der Waals surface area contributed by atoms with Crippen molar-refractivity contribution in [1.29, 1.82) is 0 Å². The fourth-order valence-electron chi connectivity index (χ4n) is 2.64. The molecule has 0 bridgehead atoms. The summed E-state index contributed by atoms with van der Waals surface area (Å²) in [5.41, 5.74) is 0.759. The summed E-state index contributed by atoms with van der Waals surface area (Å²) in [4.78, 5) is 13.6. The number of carboxylic acids is 1. The van der Waals surface area contributed by atoms with Gasteiger partial charge in [-0.2, -0.15) is 0 Å². The SMILES string of the molecule is C[C@@]1(C(=O)O)CCCN(CCc2ccccc2)C1. The van der Waals surface area contributed by atoms with Gasteiger partial charge in [0.15, 0.2) is 0 Å². The predicted octanol–water partition coefficient (Wildman–Crippen LogP) is 2.42. The van der Waals surface area contributed by atoms with E-state index in [1.807, 2.05) is 25.1 Å². The molecule has 0 aliphatic carbocycles. The Morgan fingerprint density at radius 2 is 2.11 bits per heavy atom. The third-order valence-electron chi connectivity index (χ3n) is 3.85. The van der Waals surface area contributed by atoms with Crippen LogP contribution in [0.3, 0.4) is 0 Å². The standard InChI is InChI=1S/C15H21NO2/c1-15(14(17)18)9-5-10-16(12-15)11-8-13-6-3-2-4-7-13/h2-4,6-7H,5,8-12H2,1H3,(H,17,18)/t15-/m1/s1. The van der Waals surface area contributed by atoms with Gasteiger partial charge < -0.3 is 10.0 Å². The zero-order valence-corrected chi connectivity index (χ0v) is 10.9. The number of carboxylic acid groups (broad SMARTS) is 1. The number of benzene rings is 1. The van der Waals surface area contributed by atoms with Gasteiger partial charge in [0.1, 0.15) is 0 Å². The van der Waals surface area contributed by atoms with Crippen molar-refractivity contribution in [3.8, 4) is 0 Å². The summed E-state index contributed by atoms with van der Waals surface area (Å²) in [6.45, 7) is 4.52. The molecule has 3 nitrogen and oxygen atoms in total. The quantitative estimate of drug-likeness (QED) is 0.888. The molecule has 1 heterocycles. The lowest BCUT2D eigenvalue weighted by molar-refractivity contribution is -0.151. The zero-order valence-electron chi connectivity index (χ0n) is 10.9. The monoisotopic (exact) mass is 247 g/mol. The zero-order chi connectivity index (χ0) is 13.0. The second kappa shape index (κ2) is 5.53. The van der Waals surface area contributed by atoms with E-state index >= 15 is 0 Å². The first-order valence-electron chi connectivity index (χ1n) is 6.60. The van der Waals surface area contributed by atoms with Crippen LogP contribution in [-0.2, 0) is 11.2 Å². The van der Waals surface area contributed by atoms with Crippen LogP contribution in [0, 0.1) is 5.41 Å². The molecule has 1 aromatic carbocycles. The summed E-state index contributed by atoms with van der Waals surface area (Å²) in [5, 5.41) is 9.27. The molecule has 18 heavy (non-hydrogen) atoms. The van der Waals surface area contributed by atoms with Crippen molar-refractivity contribution in [2.75, 3.05) is 19.6 Å². The molecule has 0 saturated carbocycles. The van der Waals surface area contributed by atoms with Crippen molar-refractivity contribution in [1.82, 2.24) is 4.90 Å². The van der Waals surface area contributed by atoms with Crippen LogP contribution in [0.4, 0.5) is 0 Å². The van der Waals surface area contributed by atoms with E-state index < -0.39 is 11.4 Å². The Morgan fingerprint density at radius 3 is 2.78 bits per heavy atom. The Labute approximate surface area is 108 Å². The maximum atomic E-state index is 11.3. The predicted molar refractivity (Wildman–Crippen MR) is 71.6 cm³/mol. The van der Waals surface area contributed by atoms with Gasteiger partial charge in [-0.15, -0.1) is 0 Å². The van der Waals surface area contributed by atoms with Crippen LogP contribution in [0.5, 0.6) is 0 Å². The highest BCUT2D eigenvalue weighted by molar-refractivity contribution is 5.74. The number of piperidine rings is 1. The van der Waals surface area contributed by atoms with Crippen molar-refractivity contribution in [3.63, 3.8) is 0 Å². The molecule has 1 atom stereocenters. The van der Waals surface area contributed by atoms with E-state index in [1.54, 1.807) is 0 Å². The minimum atomic E-state index is -0.660. The summed E-state index contributed by atoms with van der Waals surface area (Å²) in [5.74, 6) is -0.660. The molecule has 0 unspecified atom stereocenters. The molecule has 0 spiro atoms. The molecule has 2 rings (SSSR count). The molecule has 0 amide bonds. The smallest absolute Gasteiger partial charge is 0.310 e. The van der Waals surface area contributed by atoms with E-state index in [2.05, 4.69) is 17.0 Å². The summed E-state index contributed by atoms with van der Waals surface area (Å²) in [6.07, 6.45) is 2.78. The molecule has 1 aliphatic heterocycles. The number of rotatable bonds is 4. The minimum Gasteiger partial charge on any atom is -0.481 e. The van der Waals surface area contributed by atoms with Crippen LogP contribution in [0.1, 0.15) is 25.3 Å². The van der Waals surface area contributed by atoms with Crippen LogP contribution in [0.25, 0.3) is 0 Å². The summed E-state index contributed by atoms with van der Waals surface area (Å²) < 4.78 is 0. The number of hydrogen-bond acceptors (Lipinski definition) is 2. The number of likely N-dealkylation sites (tertiary alicyclic amines) is 1. The first-order valence-corrected chi connectivity index (χ1v) is 6.60. The van der Waals surface area contributed by atoms with Crippen LogP contribution in [0.15, 0.2) is 30.3 Å². The maximum Gasteiger partial charge on any atom is 0.310 e. The first-order chi connectivity index (χ1) is 8.60. The normalized spacial score (nSPS) is 24.9. The summed E-state index contributed by atoms with van der Waals surface area (Å²) in [6, 6.07) is 10.4. The van der Waals surface area contributed by atoms with Crippen molar-refractivity contribution < 1.29 is 9.90 Å². The fourth-order valence-corrected chi connectivity index (χ4v) is 2.64. The molecule has 1 N–H and O–H groups in total. The molecular formula is C15H21NO2. The van der Waals surface area contributed by atoms with E-state index in [1.165, 1.54) is 5.56 Å². The lowest BCUT2D eigenvalue weighted by Crippen LogP contribution is -2.46. The van der Waals surface area contributed by atoms with Gasteiger partial charge in [0, 0.05) is 13.1 Å².